The van der Waals surface area contributed by atoms with Crippen LogP contribution in [0, 0.1) is 20.8 Å². The predicted octanol–water partition coefficient (Wildman–Crippen LogP) is 4.79. The van der Waals surface area contributed by atoms with E-state index in [1.807, 2.05) is 0 Å². The van der Waals surface area contributed by atoms with Crippen molar-refractivity contribution in [2.24, 2.45) is 5.73 Å². The van der Waals surface area contributed by atoms with Crippen LogP contribution in [0.5, 0.6) is 5.75 Å². The second-order valence-electron chi connectivity index (χ2n) is 5.91. The number of benzene rings is 2. The number of unbranched alkanes of at least 4 members (excludes halogenated alkanes) is 2. The minimum Gasteiger partial charge on any atom is -0.493 e. The molecular formula is C20H27NO. The van der Waals surface area contributed by atoms with Crippen molar-refractivity contribution in [3.8, 4) is 16.9 Å². The fraction of sp³-hybridized carbons (Fsp3) is 0.400. The van der Waals surface area contributed by atoms with Crippen LogP contribution in [0.1, 0.15) is 36.0 Å². The maximum atomic E-state index is 6.09. The largest absolute Gasteiger partial charge is 0.493 e. The standard InChI is InChI=1S/C20H27NO/c1-15-9-7-10-16(2)19(15)20-17(3)11-8-12-18(20)22-14-6-4-5-13-21/h7-12H,4-6,13-14,21H2,1-3H3. The van der Waals surface area contributed by atoms with Crippen molar-refractivity contribution >= 4 is 0 Å². The molecule has 2 aromatic carbocycles. The Bertz CT molecular complexity index is 599. The van der Waals surface area contributed by atoms with E-state index in [9.17, 15) is 0 Å². The zero-order valence-electron chi connectivity index (χ0n) is 14.0. The molecule has 0 aromatic heterocycles. The van der Waals surface area contributed by atoms with Gasteiger partial charge in [-0.1, -0.05) is 30.3 Å². The van der Waals surface area contributed by atoms with Gasteiger partial charge < -0.3 is 10.5 Å². The van der Waals surface area contributed by atoms with Crippen molar-refractivity contribution in [3.63, 3.8) is 0 Å². The summed E-state index contributed by atoms with van der Waals surface area (Å²) in [6.07, 6.45) is 3.25. The average molecular weight is 297 g/mol. The lowest BCUT2D eigenvalue weighted by Crippen LogP contribution is -2.03. The topological polar surface area (TPSA) is 35.2 Å². The molecule has 0 unspecified atom stereocenters. The first-order valence-electron chi connectivity index (χ1n) is 8.14. The minimum atomic E-state index is 0.751. The van der Waals surface area contributed by atoms with Crippen LogP contribution in [0.4, 0.5) is 0 Å². The van der Waals surface area contributed by atoms with Crippen LogP contribution >= 0.6 is 0 Å². The molecule has 0 amide bonds. The van der Waals surface area contributed by atoms with E-state index in [1.165, 1.54) is 27.8 Å². The maximum Gasteiger partial charge on any atom is 0.127 e. The summed E-state index contributed by atoms with van der Waals surface area (Å²) in [6.45, 7) is 8.00. The van der Waals surface area contributed by atoms with Gasteiger partial charge in [-0.25, -0.2) is 0 Å². The fourth-order valence-electron chi connectivity index (χ4n) is 2.90. The Kier molecular flexibility index (Phi) is 6.02. The Morgan fingerprint density at radius 1 is 0.773 bits per heavy atom. The summed E-state index contributed by atoms with van der Waals surface area (Å²) >= 11 is 0. The van der Waals surface area contributed by atoms with E-state index in [0.29, 0.717) is 0 Å². The first-order valence-corrected chi connectivity index (χ1v) is 8.14. The van der Waals surface area contributed by atoms with Gasteiger partial charge in [-0.05, 0) is 74.9 Å². The number of aryl methyl sites for hydroxylation is 3. The lowest BCUT2D eigenvalue weighted by Gasteiger charge is -2.17. The molecule has 0 bridgehead atoms. The van der Waals surface area contributed by atoms with E-state index in [1.54, 1.807) is 0 Å². The molecule has 0 radical (unpaired) electrons. The molecule has 118 valence electrons. The normalized spacial score (nSPS) is 10.7. The highest BCUT2D eigenvalue weighted by Gasteiger charge is 2.13. The summed E-state index contributed by atoms with van der Waals surface area (Å²) in [5, 5.41) is 0. The molecule has 0 atom stereocenters. The van der Waals surface area contributed by atoms with Crippen molar-refractivity contribution in [2.45, 2.75) is 40.0 Å². The van der Waals surface area contributed by atoms with E-state index in [2.05, 4.69) is 57.2 Å². The van der Waals surface area contributed by atoms with Crippen LogP contribution < -0.4 is 10.5 Å². The highest BCUT2D eigenvalue weighted by Crippen LogP contribution is 2.37. The fourth-order valence-corrected chi connectivity index (χ4v) is 2.90. The molecular weight excluding hydrogens is 270 g/mol. The van der Waals surface area contributed by atoms with Crippen LogP contribution in [0.3, 0.4) is 0 Å². The smallest absolute Gasteiger partial charge is 0.127 e. The molecule has 0 saturated heterocycles. The van der Waals surface area contributed by atoms with Gasteiger partial charge in [-0.15, -0.1) is 0 Å². The van der Waals surface area contributed by atoms with Gasteiger partial charge >= 0.3 is 0 Å². The summed E-state index contributed by atoms with van der Waals surface area (Å²) in [5.41, 5.74) is 11.9. The molecule has 2 rings (SSSR count). The Morgan fingerprint density at radius 3 is 2.00 bits per heavy atom. The summed E-state index contributed by atoms with van der Waals surface area (Å²) in [5.74, 6) is 0.991. The SMILES string of the molecule is Cc1cccc(C)c1-c1c(C)cccc1OCCCCCN. The molecule has 0 aliphatic carbocycles. The second-order valence-corrected chi connectivity index (χ2v) is 5.91. The molecule has 2 nitrogen and oxygen atoms in total. The van der Waals surface area contributed by atoms with Crippen LogP contribution in [-0.2, 0) is 0 Å². The third-order valence-corrected chi connectivity index (χ3v) is 4.07. The summed E-state index contributed by atoms with van der Waals surface area (Å²) in [6, 6.07) is 12.8. The molecule has 0 heterocycles. The molecule has 0 fully saturated rings. The first kappa shape index (κ1) is 16.6. The lowest BCUT2D eigenvalue weighted by atomic mass is 9.92. The van der Waals surface area contributed by atoms with Crippen LogP contribution in [0.15, 0.2) is 36.4 Å². The number of hydrogen-bond donors (Lipinski definition) is 1. The van der Waals surface area contributed by atoms with E-state index in [4.69, 9.17) is 10.5 Å². The van der Waals surface area contributed by atoms with Crippen LogP contribution in [-0.4, -0.2) is 13.2 Å². The van der Waals surface area contributed by atoms with E-state index >= 15 is 0 Å². The molecule has 2 N–H and O–H groups in total. The van der Waals surface area contributed by atoms with Gasteiger partial charge in [-0.3, -0.25) is 0 Å². The quantitative estimate of drug-likeness (QED) is 0.746. The van der Waals surface area contributed by atoms with Gasteiger partial charge in [0.2, 0.25) is 0 Å². The maximum absolute atomic E-state index is 6.09. The molecule has 2 heteroatoms. The van der Waals surface area contributed by atoms with Gasteiger partial charge in [0.05, 0.1) is 6.61 Å². The number of ether oxygens (including phenoxy) is 1. The monoisotopic (exact) mass is 297 g/mol. The number of nitrogens with two attached hydrogens (primary N) is 1. The van der Waals surface area contributed by atoms with Crippen molar-refractivity contribution in [1.82, 2.24) is 0 Å². The average Bonchev–Trinajstić information content (AvgIpc) is 2.49. The summed E-state index contributed by atoms with van der Waals surface area (Å²) in [7, 11) is 0. The van der Waals surface area contributed by atoms with Crippen molar-refractivity contribution in [1.29, 1.82) is 0 Å². The number of rotatable bonds is 7. The Balaban J connectivity index is 2.27. The van der Waals surface area contributed by atoms with Crippen molar-refractivity contribution in [2.75, 3.05) is 13.2 Å². The summed E-state index contributed by atoms with van der Waals surface area (Å²) < 4.78 is 6.09. The van der Waals surface area contributed by atoms with E-state index < -0.39 is 0 Å². The third-order valence-electron chi connectivity index (χ3n) is 4.07. The third kappa shape index (κ3) is 3.89. The van der Waals surface area contributed by atoms with E-state index in [0.717, 1.165) is 38.2 Å². The summed E-state index contributed by atoms with van der Waals surface area (Å²) in [4.78, 5) is 0. The first-order chi connectivity index (χ1) is 10.6. The number of hydrogen-bond acceptors (Lipinski definition) is 2. The lowest BCUT2D eigenvalue weighted by molar-refractivity contribution is 0.306. The van der Waals surface area contributed by atoms with Gasteiger partial charge in [0.1, 0.15) is 5.75 Å². The molecule has 0 aliphatic rings. The highest BCUT2D eigenvalue weighted by atomic mass is 16.5. The molecule has 22 heavy (non-hydrogen) atoms. The highest BCUT2D eigenvalue weighted by molar-refractivity contribution is 5.78. The second kappa shape index (κ2) is 8.00. The zero-order chi connectivity index (χ0) is 15.9. The van der Waals surface area contributed by atoms with Crippen molar-refractivity contribution in [3.05, 3.63) is 53.1 Å². The Hall–Kier alpha value is -1.80. The predicted molar refractivity (Wildman–Crippen MR) is 94.5 cm³/mol. The van der Waals surface area contributed by atoms with Gasteiger partial charge in [0.15, 0.2) is 0 Å². The molecule has 0 aliphatic heterocycles. The Labute approximate surface area is 134 Å². The molecule has 0 spiro atoms. The van der Waals surface area contributed by atoms with Gasteiger partial charge in [0.25, 0.3) is 0 Å². The van der Waals surface area contributed by atoms with Gasteiger partial charge in [-0.2, -0.15) is 0 Å². The van der Waals surface area contributed by atoms with Crippen LogP contribution in [0.2, 0.25) is 0 Å². The molecule has 2 aromatic rings. The Morgan fingerprint density at radius 2 is 1.36 bits per heavy atom. The van der Waals surface area contributed by atoms with Crippen molar-refractivity contribution < 1.29 is 4.74 Å². The zero-order valence-corrected chi connectivity index (χ0v) is 14.0. The van der Waals surface area contributed by atoms with Crippen LogP contribution in [0.25, 0.3) is 11.1 Å². The van der Waals surface area contributed by atoms with Gasteiger partial charge in [0, 0.05) is 5.56 Å². The molecule has 0 saturated carbocycles. The van der Waals surface area contributed by atoms with E-state index in [-0.39, 0.29) is 0 Å². The minimum absolute atomic E-state index is 0.751.